The van der Waals surface area contributed by atoms with Gasteiger partial charge in [0.1, 0.15) is 28.7 Å². The SMILES string of the molecule is C#Cc1c(F)ccc2cccc(-c3nc(N)c4c(N)nc(OCC5(CN6CCOCC6C)CC5)nc4c3F)c12.C1CCCNCC1. The minimum Gasteiger partial charge on any atom is -0.463 e. The first kappa shape index (κ1) is 31.9. The number of morpholine rings is 1. The monoisotopic (exact) mass is 629 g/mol. The number of pyridine rings is 1. The molecule has 1 saturated carbocycles. The third-order valence-electron chi connectivity index (χ3n) is 9.18. The maximum Gasteiger partial charge on any atom is 0.319 e. The number of benzene rings is 2. The second kappa shape index (κ2) is 13.7. The van der Waals surface area contributed by atoms with E-state index in [0.29, 0.717) is 35.6 Å². The van der Waals surface area contributed by atoms with Gasteiger partial charge in [-0.2, -0.15) is 9.97 Å². The highest BCUT2D eigenvalue weighted by Crippen LogP contribution is 2.47. The molecule has 2 aromatic heterocycles. The van der Waals surface area contributed by atoms with Gasteiger partial charge in [-0.3, -0.25) is 4.90 Å². The van der Waals surface area contributed by atoms with Crippen LogP contribution in [0.25, 0.3) is 32.9 Å². The van der Waals surface area contributed by atoms with Crippen LogP contribution in [-0.2, 0) is 4.74 Å². The molecule has 1 aliphatic carbocycles. The average molecular weight is 630 g/mol. The molecule has 1 unspecified atom stereocenters. The van der Waals surface area contributed by atoms with Gasteiger partial charge in [-0.25, -0.2) is 13.8 Å². The van der Waals surface area contributed by atoms with Crippen molar-refractivity contribution < 1.29 is 18.3 Å². The molecular formula is C35H41F2N7O2. The molecule has 0 bridgehead atoms. The highest BCUT2D eigenvalue weighted by Gasteiger charge is 2.46. The number of nitrogen functional groups attached to an aromatic ring is 2. The van der Waals surface area contributed by atoms with Gasteiger partial charge in [0.25, 0.3) is 0 Å². The average Bonchev–Trinajstić information content (AvgIpc) is 3.88. The van der Waals surface area contributed by atoms with E-state index < -0.39 is 11.6 Å². The van der Waals surface area contributed by atoms with Crippen molar-refractivity contribution in [1.82, 2.24) is 25.2 Å². The summed E-state index contributed by atoms with van der Waals surface area (Å²) in [5.74, 6) is 0.917. The number of anilines is 2. The molecule has 242 valence electrons. The van der Waals surface area contributed by atoms with Crippen molar-refractivity contribution in [3.63, 3.8) is 0 Å². The fourth-order valence-corrected chi connectivity index (χ4v) is 6.29. The van der Waals surface area contributed by atoms with Crippen LogP contribution in [-0.4, -0.2) is 71.9 Å². The quantitative estimate of drug-likeness (QED) is 0.244. The van der Waals surface area contributed by atoms with Crippen molar-refractivity contribution >= 4 is 33.3 Å². The van der Waals surface area contributed by atoms with Crippen LogP contribution >= 0.6 is 0 Å². The molecular weight excluding hydrogens is 588 g/mol. The van der Waals surface area contributed by atoms with E-state index in [1.165, 1.54) is 44.8 Å². The number of halogens is 2. The molecule has 0 amide bonds. The van der Waals surface area contributed by atoms with Gasteiger partial charge < -0.3 is 26.3 Å². The number of nitrogens with one attached hydrogen (secondary N) is 1. The lowest BCUT2D eigenvalue weighted by molar-refractivity contribution is -0.0134. The van der Waals surface area contributed by atoms with Crippen molar-refractivity contribution in [1.29, 1.82) is 0 Å². The van der Waals surface area contributed by atoms with Crippen LogP contribution in [0.3, 0.4) is 0 Å². The highest BCUT2D eigenvalue weighted by atomic mass is 19.1. The zero-order valence-electron chi connectivity index (χ0n) is 26.2. The highest BCUT2D eigenvalue weighted by molar-refractivity contribution is 6.04. The molecule has 7 rings (SSSR count). The third-order valence-corrected chi connectivity index (χ3v) is 9.18. The van der Waals surface area contributed by atoms with Crippen molar-refractivity contribution in [3.8, 4) is 29.6 Å². The van der Waals surface area contributed by atoms with E-state index in [1.54, 1.807) is 24.3 Å². The van der Waals surface area contributed by atoms with E-state index in [-0.39, 0.29) is 45.2 Å². The molecule has 3 fully saturated rings. The molecule has 4 aromatic rings. The molecule has 1 atom stereocenters. The van der Waals surface area contributed by atoms with E-state index >= 15 is 4.39 Å². The van der Waals surface area contributed by atoms with Crippen molar-refractivity contribution in [2.45, 2.75) is 51.5 Å². The summed E-state index contributed by atoms with van der Waals surface area (Å²) in [5.41, 5.74) is 12.5. The summed E-state index contributed by atoms with van der Waals surface area (Å²) in [5, 5.41) is 4.43. The fourth-order valence-electron chi connectivity index (χ4n) is 6.29. The van der Waals surface area contributed by atoms with E-state index in [2.05, 4.69) is 38.0 Å². The fraction of sp³-hybridized carbons (Fsp3) is 0.457. The zero-order valence-corrected chi connectivity index (χ0v) is 26.2. The molecule has 9 nitrogen and oxygen atoms in total. The van der Waals surface area contributed by atoms with Crippen LogP contribution in [0.1, 0.15) is 51.0 Å². The number of ether oxygens (including phenoxy) is 2. The summed E-state index contributed by atoms with van der Waals surface area (Å²) in [4.78, 5) is 15.3. The normalized spacial score (nSPS) is 19.6. The molecule has 11 heteroatoms. The van der Waals surface area contributed by atoms with Gasteiger partial charge in [0.05, 0.1) is 30.8 Å². The number of nitrogens with two attached hydrogens (primary N) is 2. The Labute approximate surface area is 268 Å². The minimum absolute atomic E-state index is 0.0125. The number of hydrogen-bond donors (Lipinski definition) is 3. The van der Waals surface area contributed by atoms with Gasteiger partial charge in [0.2, 0.25) is 0 Å². The summed E-state index contributed by atoms with van der Waals surface area (Å²) in [6, 6.07) is 8.25. The first-order valence-electron chi connectivity index (χ1n) is 16.1. The molecule has 2 aliphatic heterocycles. The van der Waals surface area contributed by atoms with E-state index in [0.717, 1.165) is 32.5 Å². The summed E-state index contributed by atoms with van der Waals surface area (Å²) in [6.07, 6.45) is 13.3. The van der Waals surface area contributed by atoms with Gasteiger partial charge in [-0.1, -0.05) is 43.0 Å². The van der Waals surface area contributed by atoms with Gasteiger partial charge in [0.15, 0.2) is 5.82 Å². The molecule has 3 aliphatic rings. The van der Waals surface area contributed by atoms with Gasteiger partial charge in [0, 0.05) is 35.5 Å². The molecule has 46 heavy (non-hydrogen) atoms. The smallest absolute Gasteiger partial charge is 0.319 e. The van der Waals surface area contributed by atoms with E-state index in [9.17, 15) is 4.39 Å². The minimum atomic E-state index is -0.777. The first-order valence-corrected chi connectivity index (χ1v) is 16.1. The van der Waals surface area contributed by atoms with E-state index in [4.69, 9.17) is 27.4 Å². The largest absolute Gasteiger partial charge is 0.463 e. The maximum absolute atomic E-state index is 16.1. The summed E-state index contributed by atoms with van der Waals surface area (Å²) in [7, 11) is 0. The lowest BCUT2D eigenvalue weighted by Gasteiger charge is -2.35. The standard InChI is InChI=1S/C29H28F2N6O2.C6H13N/c1-3-18-20(30)8-7-17-5-4-6-19(21(17)18)24-23(31)25-22(26(32)34-24)27(33)36-28(35-25)39-15-29(9-10-29)14-37-11-12-38-13-16(37)2;1-2-4-6-7-5-3-1/h1,4-8,16H,9-15H2,2H3,(H2,32,34)(H2,33,35,36);7H,1-6H2. The third kappa shape index (κ3) is 6.70. The van der Waals surface area contributed by atoms with Crippen LogP contribution in [0.4, 0.5) is 20.4 Å². The van der Waals surface area contributed by atoms with Crippen molar-refractivity contribution in [3.05, 3.63) is 47.5 Å². The number of fused-ring (bicyclic) bond motifs is 2. The number of hydrogen-bond acceptors (Lipinski definition) is 9. The van der Waals surface area contributed by atoms with Crippen LogP contribution in [0, 0.1) is 29.4 Å². The summed E-state index contributed by atoms with van der Waals surface area (Å²) < 4.78 is 42.2. The second-order valence-corrected chi connectivity index (χ2v) is 12.6. The molecule has 4 heterocycles. The Morgan fingerprint density at radius 3 is 2.52 bits per heavy atom. The first-order chi connectivity index (χ1) is 22.3. The number of aromatic nitrogens is 3. The Morgan fingerprint density at radius 1 is 1.04 bits per heavy atom. The number of nitrogens with zero attached hydrogens (tertiary/aromatic N) is 4. The summed E-state index contributed by atoms with van der Waals surface area (Å²) in [6.45, 7) is 8.22. The maximum atomic E-state index is 16.1. The molecule has 0 radical (unpaired) electrons. The Hall–Kier alpha value is -4.11. The van der Waals surface area contributed by atoms with Crippen LogP contribution in [0.5, 0.6) is 6.01 Å². The van der Waals surface area contributed by atoms with Gasteiger partial charge in [-0.15, -0.1) is 6.42 Å². The van der Waals surface area contributed by atoms with Crippen molar-refractivity contribution in [2.24, 2.45) is 5.41 Å². The van der Waals surface area contributed by atoms with E-state index in [1.807, 2.05) is 0 Å². The predicted molar refractivity (Wildman–Crippen MR) is 177 cm³/mol. The zero-order chi connectivity index (χ0) is 32.3. The molecule has 2 aromatic carbocycles. The number of terminal acetylenes is 1. The van der Waals surface area contributed by atoms with Crippen LogP contribution < -0.4 is 21.5 Å². The van der Waals surface area contributed by atoms with Crippen molar-refractivity contribution in [2.75, 3.05) is 57.5 Å². The van der Waals surface area contributed by atoms with Gasteiger partial charge in [-0.05, 0) is 57.1 Å². The van der Waals surface area contributed by atoms with Crippen LogP contribution in [0.15, 0.2) is 30.3 Å². The predicted octanol–water partition coefficient (Wildman–Crippen LogP) is 5.30. The Kier molecular flexibility index (Phi) is 9.49. The molecule has 0 spiro atoms. The Balaban J connectivity index is 0.000000471. The lowest BCUT2D eigenvalue weighted by atomic mass is 9.96. The molecule has 2 saturated heterocycles. The Bertz CT molecular complexity index is 1750. The lowest BCUT2D eigenvalue weighted by Crippen LogP contribution is -2.47. The topological polar surface area (TPSA) is 124 Å². The summed E-state index contributed by atoms with van der Waals surface area (Å²) >= 11 is 0. The molecule has 5 N–H and O–H groups in total. The number of rotatable bonds is 6. The Morgan fingerprint density at radius 2 is 1.80 bits per heavy atom. The second-order valence-electron chi connectivity index (χ2n) is 12.6. The van der Waals surface area contributed by atoms with Crippen LogP contribution in [0.2, 0.25) is 0 Å². The van der Waals surface area contributed by atoms with Gasteiger partial charge >= 0.3 is 6.01 Å².